The number of likely N-dealkylation sites (tertiary alicyclic amines) is 1. The van der Waals surface area contributed by atoms with Crippen LogP contribution in [0.2, 0.25) is 0 Å². The van der Waals surface area contributed by atoms with Crippen LogP contribution in [0, 0.1) is 18.3 Å². The van der Waals surface area contributed by atoms with Crippen LogP contribution < -0.4 is 10.6 Å². The van der Waals surface area contributed by atoms with Crippen molar-refractivity contribution in [2.45, 2.75) is 26.7 Å². The highest BCUT2D eigenvalue weighted by molar-refractivity contribution is 14.0. The fourth-order valence-electron chi connectivity index (χ4n) is 3.05. The molecule has 158 valence electrons. The summed E-state index contributed by atoms with van der Waals surface area (Å²) in [5.41, 5.74) is 1.36. The lowest BCUT2D eigenvalue weighted by atomic mass is 9.97. The minimum Gasteiger partial charge on any atom is -0.466 e. The molecule has 29 heavy (non-hydrogen) atoms. The van der Waals surface area contributed by atoms with Crippen LogP contribution in [-0.4, -0.2) is 55.5 Å². The summed E-state index contributed by atoms with van der Waals surface area (Å²) in [5.74, 6) is 2.81. The Kier molecular flexibility index (Phi) is 11.1. The molecule has 2 rings (SSSR count). The van der Waals surface area contributed by atoms with Crippen molar-refractivity contribution in [3.05, 3.63) is 29.8 Å². The minimum absolute atomic E-state index is 0. The van der Waals surface area contributed by atoms with E-state index in [2.05, 4.69) is 26.4 Å². The molecule has 1 aromatic carbocycles. The number of nitrogens with one attached hydrogen (secondary N) is 2. The van der Waals surface area contributed by atoms with E-state index in [9.17, 15) is 9.59 Å². The SMILES string of the molecule is C#Cc1cccc(NC(=O)CN=C(NCC)N2CCC(C(=O)OCC)CC2)c1.I. The molecule has 0 bridgehead atoms. The van der Waals surface area contributed by atoms with E-state index in [1.54, 1.807) is 24.3 Å². The van der Waals surface area contributed by atoms with Crippen molar-refractivity contribution in [2.24, 2.45) is 10.9 Å². The third kappa shape index (κ3) is 7.93. The number of hydrogen-bond acceptors (Lipinski definition) is 4. The second-order valence-corrected chi connectivity index (χ2v) is 6.46. The maximum Gasteiger partial charge on any atom is 0.309 e. The lowest BCUT2D eigenvalue weighted by Gasteiger charge is -2.33. The number of esters is 1. The Bertz CT molecular complexity index is 753. The Morgan fingerprint density at radius 2 is 2.03 bits per heavy atom. The van der Waals surface area contributed by atoms with Crippen LogP contribution >= 0.6 is 24.0 Å². The van der Waals surface area contributed by atoms with Crippen molar-refractivity contribution in [2.75, 3.05) is 38.1 Å². The van der Waals surface area contributed by atoms with Gasteiger partial charge < -0.3 is 20.3 Å². The first-order chi connectivity index (χ1) is 13.6. The highest BCUT2D eigenvalue weighted by Crippen LogP contribution is 2.18. The van der Waals surface area contributed by atoms with Gasteiger partial charge in [0.1, 0.15) is 6.54 Å². The average Bonchev–Trinajstić information content (AvgIpc) is 2.71. The largest absolute Gasteiger partial charge is 0.466 e. The van der Waals surface area contributed by atoms with E-state index in [1.165, 1.54) is 0 Å². The maximum absolute atomic E-state index is 12.2. The number of benzene rings is 1. The Morgan fingerprint density at radius 3 is 2.66 bits per heavy atom. The number of amides is 1. The molecule has 1 heterocycles. The standard InChI is InChI=1S/C21H28N4O3.HI/c1-4-16-8-7-9-18(14-16)24-19(26)15-23-21(22-5-2)25-12-10-17(11-13-25)20(27)28-6-3;/h1,7-9,14,17H,5-6,10-13,15H2,2-3H3,(H,22,23)(H,24,26);1H. The number of hydrogen-bond donors (Lipinski definition) is 2. The van der Waals surface area contributed by atoms with Gasteiger partial charge >= 0.3 is 5.97 Å². The number of ether oxygens (including phenoxy) is 1. The van der Waals surface area contributed by atoms with Crippen LogP contribution in [0.1, 0.15) is 32.3 Å². The van der Waals surface area contributed by atoms with Gasteiger partial charge in [-0.3, -0.25) is 9.59 Å². The van der Waals surface area contributed by atoms with Crippen molar-refractivity contribution in [1.29, 1.82) is 0 Å². The molecule has 7 nitrogen and oxygen atoms in total. The number of rotatable bonds is 6. The van der Waals surface area contributed by atoms with Gasteiger partial charge in [-0.05, 0) is 44.9 Å². The lowest BCUT2D eigenvalue weighted by molar-refractivity contribution is -0.149. The zero-order valence-electron chi connectivity index (χ0n) is 16.9. The van der Waals surface area contributed by atoms with Gasteiger partial charge in [0.25, 0.3) is 0 Å². The van der Waals surface area contributed by atoms with E-state index in [0.717, 1.165) is 0 Å². The van der Waals surface area contributed by atoms with E-state index in [1.807, 2.05) is 13.8 Å². The number of guanidine groups is 1. The second-order valence-electron chi connectivity index (χ2n) is 6.46. The van der Waals surface area contributed by atoms with Crippen molar-refractivity contribution < 1.29 is 14.3 Å². The molecule has 0 spiro atoms. The topological polar surface area (TPSA) is 83.0 Å². The molecule has 0 aromatic heterocycles. The number of anilines is 1. The number of terminal acetylenes is 1. The molecule has 1 aromatic rings. The molecular formula is C21H29IN4O3. The van der Waals surface area contributed by atoms with E-state index >= 15 is 0 Å². The predicted molar refractivity (Wildman–Crippen MR) is 125 cm³/mol. The summed E-state index contributed by atoms with van der Waals surface area (Å²) in [6.45, 7) is 6.29. The van der Waals surface area contributed by atoms with Crippen LogP contribution in [0.15, 0.2) is 29.3 Å². The molecule has 8 heteroatoms. The third-order valence-electron chi connectivity index (χ3n) is 4.43. The van der Waals surface area contributed by atoms with Crippen molar-refractivity contribution >= 4 is 47.5 Å². The summed E-state index contributed by atoms with van der Waals surface area (Å²) in [6, 6.07) is 7.13. The lowest BCUT2D eigenvalue weighted by Crippen LogP contribution is -2.47. The minimum atomic E-state index is -0.217. The molecule has 0 radical (unpaired) electrons. The molecule has 0 saturated carbocycles. The molecule has 0 aliphatic carbocycles. The fraction of sp³-hybridized carbons (Fsp3) is 0.476. The normalized spacial score (nSPS) is 14.4. The Labute approximate surface area is 189 Å². The van der Waals surface area contributed by atoms with E-state index in [-0.39, 0.29) is 48.3 Å². The first kappa shape index (κ1) is 24.8. The van der Waals surface area contributed by atoms with Gasteiger partial charge in [-0.2, -0.15) is 0 Å². The fourth-order valence-corrected chi connectivity index (χ4v) is 3.05. The van der Waals surface area contributed by atoms with Crippen LogP contribution in [0.5, 0.6) is 0 Å². The molecule has 2 N–H and O–H groups in total. The van der Waals surface area contributed by atoms with Gasteiger partial charge in [-0.1, -0.05) is 12.0 Å². The first-order valence-corrected chi connectivity index (χ1v) is 9.63. The molecule has 0 atom stereocenters. The number of carbonyl (C=O) groups is 2. The summed E-state index contributed by atoms with van der Waals surface area (Å²) in [5, 5.41) is 6.02. The molecule has 0 unspecified atom stereocenters. The zero-order valence-corrected chi connectivity index (χ0v) is 19.3. The highest BCUT2D eigenvalue weighted by Gasteiger charge is 2.27. The van der Waals surface area contributed by atoms with Crippen molar-refractivity contribution in [1.82, 2.24) is 10.2 Å². The number of aliphatic imine (C=N–C) groups is 1. The molecule has 1 saturated heterocycles. The van der Waals surface area contributed by atoms with Gasteiger partial charge in [0, 0.05) is 30.9 Å². The van der Waals surface area contributed by atoms with Gasteiger partial charge in [-0.15, -0.1) is 30.4 Å². The van der Waals surface area contributed by atoms with Gasteiger partial charge in [0.2, 0.25) is 5.91 Å². The van der Waals surface area contributed by atoms with Crippen LogP contribution in [0.3, 0.4) is 0 Å². The van der Waals surface area contributed by atoms with Gasteiger partial charge in [-0.25, -0.2) is 4.99 Å². The van der Waals surface area contributed by atoms with Crippen LogP contribution in [-0.2, 0) is 14.3 Å². The molecular weight excluding hydrogens is 483 g/mol. The molecule has 1 fully saturated rings. The highest BCUT2D eigenvalue weighted by atomic mass is 127. The second kappa shape index (κ2) is 13.0. The number of nitrogens with zero attached hydrogens (tertiary/aromatic N) is 2. The Morgan fingerprint density at radius 1 is 1.31 bits per heavy atom. The van der Waals surface area contributed by atoms with E-state index < -0.39 is 0 Å². The molecule has 1 aliphatic rings. The zero-order chi connectivity index (χ0) is 20.4. The van der Waals surface area contributed by atoms with Crippen molar-refractivity contribution in [3.8, 4) is 12.3 Å². The average molecular weight is 512 g/mol. The van der Waals surface area contributed by atoms with Gasteiger partial charge in [0.15, 0.2) is 5.96 Å². The van der Waals surface area contributed by atoms with Crippen molar-refractivity contribution in [3.63, 3.8) is 0 Å². The summed E-state index contributed by atoms with van der Waals surface area (Å²) in [6.07, 6.45) is 6.81. The van der Waals surface area contributed by atoms with Gasteiger partial charge in [0.05, 0.1) is 12.5 Å². The smallest absolute Gasteiger partial charge is 0.309 e. The van der Waals surface area contributed by atoms with Crippen LogP contribution in [0.4, 0.5) is 5.69 Å². The Hall–Kier alpha value is -2.28. The maximum atomic E-state index is 12.2. The van der Waals surface area contributed by atoms with E-state index in [0.29, 0.717) is 56.3 Å². The number of piperidine rings is 1. The quantitative estimate of drug-likeness (QED) is 0.201. The van der Waals surface area contributed by atoms with E-state index in [4.69, 9.17) is 11.2 Å². The Balaban J connectivity index is 0.00000420. The molecule has 1 amide bonds. The summed E-state index contributed by atoms with van der Waals surface area (Å²) >= 11 is 0. The summed E-state index contributed by atoms with van der Waals surface area (Å²) < 4.78 is 5.11. The molecule has 1 aliphatic heterocycles. The summed E-state index contributed by atoms with van der Waals surface area (Å²) in [7, 11) is 0. The number of halogens is 1. The number of carbonyl (C=O) groups excluding carboxylic acids is 2. The van der Waals surface area contributed by atoms with Crippen LogP contribution in [0.25, 0.3) is 0 Å². The monoisotopic (exact) mass is 512 g/mol. The first-order valence-electron chi connectivity index (χ1n) is 9.63. The summed E-state index contributed by atoms with van der Waals surface area (Å²) in [4.78, 5) is 30.6. The predicted octanol–water partition coefficient (Wildman–Crippen LogP) is 2.47. The third-order valence-corrected chi connectivity index (χ3v) is 4.43.